The summed E-state index contributed by atoms with van der Waals surface area (Å²) in [5.41, 5.74) is 1.13. The number of carbonyl (C=O) groups is 1. The molecule has 0 saturated carbocycles. The molecule has 2 N–H and O–H groups in total. The van der Waals surface area contributed by atoms with Crippen LogP contribution in [0.2, 0.25) is 0 Å². The quantitative estimate of drug-likeness (QED) is 0.586. The molecular formula is C15H24N2OS. The average Bonchev–Trinajstić information content (AvgIpc) is 2.43. The molecular weight excluding hydrogens is 256 g/mol. The molecule has 0 heterocycles. The van der Waals surface area contributed by atoms with E-state index in [9.17, 15) is 4.79 Å². The van der Waals surface area contributed by atoms with E-state index in [-0.39, 0.29) is 12.1 Å². The summed E-state index contributed by atoms with van der Waals surface area (Å²) in [6, 6.07) is 8.23. The molecule has 0 spiro atoms. The van der Waals surface area contributed by atoms with E-state index in [4.69, 9.17) is 0 Å². The normalized spacial score (nSPS) is 11.9. The maximum absolute atomic E-state index is 11.7. The number of urea groups is 1. The number of unbranched alkanes of at least 4 members (excludes halogenated alkanes) is 2. The summed E-state index contributed by atoms with van der Waals surface area (Å²) in [4.78, 5) is 12.9. The molecule has 0 bridgehead atoms. The number of benzene rings is 1. The Bertz CT molecular complexity index is 378. The fraction of sp³-hybridized carbons (Fsp3) is 0.533. The Balaban J connectivity index is 2.36. The summed E-state index contributed by atoms with van der Waals surface area (Å²) in [5, 5.41) is 5.84. The highest BCUT2D eigenvalue weighted by atomic mass is 32.2. The van der Waals surface area contributed by atoms with Gasteiger partial charge in [-0.2, -0.15) is 0 Å². The number of amides is 2. The fourth-order valence-corrected chi connectivity index (χ4v) is 2.21. The number of thioether (sulfide) groups is 1. The van der Waals surface area contributed by atoms with Crippen molar-refractivity contribution in [3.63, 3.8) is 0 Å². The summed E-state index contributed by atoms with van der Waals surface area (Å²) >= 11 is 1.72. The maximum Gasteiger partial charge on any atom is 0.315 e. The van der Waals surface area contributed by atoms with Gasteiger partial charge in [-0.15, -0.1) is 11.8 Å². The predicted molar refractivity (Wildman–Crippen MR) is 82.7 cm³/mol. The van der Waals surface area contributed by atoms with Crippen LogP contribution in [0.15, 0.2) is 29.2 Å². The van der Waals surface area contributed by atoms with Crippen LogP contribution in [0.3, 0.4) is 0 Å². The molecule has 0 saturated heterocycles. The van der Waals surface area contributed by atoms with Crippen molar-refractivity contribution in [2.24, 2.45) is 0 Å². The smallest absolute Gasteiger partial charge is 0.315 e. The van der Waals surface area contributed by atoms with E-state index in [1.807, 2.05) is 6.92 Å². The van der Waals surface area contributed by atoms with Gasteiger partial charge in [0.15, 0.2) is 0 Å². The molecule has 0 radical (unpaired) electrons. The molecule has 19 heavy (non-hydrogen) atoms. The molecule has 0 fully saturated rings. The van der Waals surface area contributed by atoms with Gasteiger partial charge in [0.05, 0.1) is 6.04 Å². The summed E-state index contributed by atoms with van der Waals surface area (Å²) in [6.07, 6.45) is 5.43. The number of nitrogens with one attached hydrogen (secondary N) is 2. The third kappa shape index (κ3) is 6.01. The van der Waals surface area contributed by atoms with Gasteiger partial charge in [0.2, 0.25) is 0 Å². The zero-order valence-electron chi connectivity index (χ0n) is 12.0. The van der Waals surface area contributed by atoms with E-state index in [0.29, 0.717) is 0 Å². The Morgan fingerprint density at radius 1 is 1.26 bits per heavy atom. The zero-order valence-corrected chi connectivity index (χ0v) is 12.8. The minimum atomic E-state index is -0.0856. The molecule has 1 rings (SSSR count). The van der Waals surface area contributed by atoms with Crippen LogP contribution < -0.4 is 10.6 Å². The molecule has 0 aliphatic carbocycles. The second-order valence-electron chi connectivity index (χ2n) is 4.60. The Kier molecular flexibility index (Phi) is 7.41. The van der Waals surface area contributed by atoms with Crippen LogP contribution in [-0.2, 0) is 0 Å². The van der Waals surface area contributed by atoms with Crippen LogP contribution in [0.1, 0.15) is 44.7 Å². The molecule has 1 aromatic rings. The van der Waals surface area contributed by atoms with Gasteiger partial charge >= 0.3 is 6.03 Å². The first-order valence-electron chi connectivity index (χ1n) is 6.85. The van der Waals surface area contributed by atoms with Gasteiger partial charge in [0, 0.05) is 11.4 Å². The molecule has 2 amide bonds. The Labute approximate surface area is 120 Å². The van der Waals surface area contributed by atoms with Gasteiger partial charge in [-0.3, -0.25) is 0 Å². The summed E-state index contributed by atoms with van der Waals surface area (Å²) in [5.74, 6) is 0. The standard InChI is InChI=1S/C15H24N2OS/c1-4-5-6-11-16-15(18)17-12(2)13-7-9-14(19-3)10-8-13/h7-10,12H,4-6,11H2,1-3H3,(H2,16,17,18)/t12-/m1/s1. The molecule has 0 aliphatic rings. The largest absolute Gasteiger partial charge is 0.338 e. The van der Waals surface area contributed by atoms with Crippen molar-refractivity contribution in [3.05, 3.63) is 29.8 Å². The summed E-state index contributed by atoms with van der Waals surface area (Å²) < 4.78 is 0. The number of hydrogen-bond donors (Lipinski definition) is 2. The molecule has 0 unspecified atom stereocenters. The first-order chi connectivity index (χ1) is 9.17. The molecule has 1 aromatic carbocycles. The number of hydrogen-bond acceptors (Lipinski definition) is 2. The molecule has 4 heteroatoms. The van der Waals surface area contributed by atoms with Crippen molar-refractivity contribution in [2.75, 3.05) is 12.8 Å². The van der Waals surface area contributed by atoms with Gasteiger partial charge in [-0.1, -0.05) is 31.9 Å². The number of rotatable bonds is 7. The highest BCUT2D eigenvalue weighted by Crippen LogP contribution is 2.18. The van der Waals surface area contributed by atoms with Gasteiger partial charge < -0.3 is 10.6 Å². The van der Waals surface area contributed by atoms with Crippen LogP contribution in [0.5, 0.6) is 0 Å². The lowest BCUT2D eigenvalue weighted by Gasteiger charge is -2.15. The topological polar surface area (TPSA) is 41.1 Å². The van der Waals surface area contributed by atoms with Crippen LogP contribution in [0, 0.1) is 0 Å². The minimum Gasteiger partial charge on any atom is -0.338 e. The van der Waals surface area contributed by atoms with Crippen LogP contribution in [0.25, 0.3) is 0 Å². The average molecular weight is 280 g/mol. The molecule has 1 atom stereocenters. The maximum atomic E-state index is 11.7. The van der Waals surface area contributed by atoms with Gasteiger partial charge in [0.25, 0.3) is 0 Å². The first kappa shape index (κ1) is 15.9. The van der Waals surface area contributed by atoms with Crippen molar-refractivity contribution < 1.29 is 4.79 Å². The van der Waals surface area contributed by atoms with E-state index in [1.165, 1.54) is 11.3 Å². The second kappa shape index (κ2) is 8.86. The first-order valence-corrected chi connectivity index (χ1v) is 8.08. The molecule has 106 valence electrons. The van der Waals surface area contributed by atoms with Crippen molar-refractivity contribution in [2.45, 2.75) is 44.0 Å². The zero-order chi connectivity index (χ0) is 14.1. The minimum absolute atomic E-state index is 0.0297. The third-order valence-corrected chi connectivity index (χ3v) is 3.77. The molecule has 0 aliphatic heterocycles. The highest BCUT2D eigenvalue weighted by molar-refractivity contribution is 7.98. The molecule has 3 nitrogen and oxygen atoms in total. The SMILES string of the molecule is CCCCCNC(=O)N[C@H](C)c1ccc(SC)cc1. The lowest BCUT2D eigenvalue weighted by Crippen LogP contribution is -2.37. The van der Waals surface area contributed by atoms with E-state index in [1.54, 1.807) is 11.8 Å². The molecule has 0 aromatic heterocycles. The van der Waals surface area contributed by atoms with E-state index in [2.05, 4.69) is 48.1 Å². The predicted octanol–water partition coefficient (Wildman–Crippen LogP) is 3.96. The van der Waals surface area contributed by atoms with E-state index >= 15 is 0 Å². The highest BCUT2D eigenvalue weighted by Gasteiger charge is 2.08. The van der Waals surface area contributed by atoms with Gasteiger partial charge in [-0.05, 0) is 37.3 Å². The van der Waals surface area contributed by atoms with Crippen molar-refractivity contribution in [1.82, 2.24) is 10.6 Å². The fourth-order valence-electron chi connectivity index (χ4n) is 1.80. The monoisotopic (exact) mass is 280 g/mol. The van der Waals surface area contributed by atoms with Gasteiger partial charge in [0.1, 0.15) is 0 Å². The van der Waals surface area contributed by atoms with Crippen molar-refractivity contribution in [1.29, 1.82) is 0 Å². The lowest BCUT2D eigenvalue weighted by atomic mass is 10.1. The van der Waals surface area contributed by atoms with Crippen LogP contribution in [0.4, 0.5) is 4.79 Å². The van der Waals surface area contributed by atoms with Gasteiger partial charge in [-0.25, -0.2) is 4.79 Å². The summed E-state index contributed by atoms with van der Waals surface area (Å²) in [6.45, 7) is 4.90. The van der Waals surface area contributed by atoms with Crippen LogP contribution >= 0.6 is 11.8 Å². The third-order valence-electron chi connectivity index (χ3n) is 3.03. The second-order valence-corrected chi connectivity index (χ2v) is 5.48. The Morgan fingerprint density at radius 2 is 1.95 bits per heavy atom. The van der Waals surface area contributed by atoms with Crippen molar-refractivity contribution in [3.8, 4) is 0 Å². The Morgan fingerprint density at radius 3 is 2.53 bits per heavy atom. The lowest BCUT2D eigenvalue weighted by molar-refractivity contribution is 0.237. The number of carbonyl (C=O) groups excluding carboxylic acids is 1. The Hall–Kier alpha value is -1.16. The van der Waals surface area contributed by atoms with E-state index < -0.39 is 0 Å². The van der Waals surface area contributed by atoms with Crippen LogP contribution in [-0.4, -0.2) is 18.8 Å². The van der Waals surface area contributed by atoms with E-state index in [0.717, 1.165) is 24.9 Å². The van der Waals surface area contributed by atoms with Crippen molar-refractivity contribution >= 4 is 17.8 Å². The summed E-state index contributed by atoms with van der Waals surface area (Å²) in [7, 11) is 0.